The largest absolute Gasteiger partial charge is 0.493 e. The Balaban J connectivity index is 1.07. The zero-order chi connectivity index (χ0) is 22.6. The average Bonchev–Trinajstić information content (AvgIpc) is 3.43. The van der Waals surface area contributed by atoms with Crippen LogP contribution in [0, 0.1) is 0 Å². The first-order chi connectivity index (χ1) is 16.2. The summed E-state index contributed by atoms with van der Waals surface area (Å²) in [4.78, 5) is 21.7. The highest BCUT2D eigenvalue weighted by Crippen LogP contribution is 2.37. The summed E-state index contributed by atoms with van der Waals surface area (Å²) in [5.41, 5.74) is 4.68. The number of fused-ring (bicyclic) bond motifs is 2. The van der Waals surface area contributed by atoms with Crippen LogP contribution in [-0.4, -0.2) is 34.3 Å². The average molecular weight is 465 g/mol. The van der Waals surface area contributed by atoms with Gasteiger partial charge in [0.15, 0.2) is 0 Å². The van der Waals surface area contributed by atoms with Gasteiger partial charge in [0.1, 0.15) is 10.8 Å². The van der Waals surface area contributed by atoms with Crippen LogP contribution in [0.15, 0.2) is 36.5 Å². The van der Waals surface area contributed by atoms with Gasteiger partial charge < -0.3 is 14.6 Å². The van der Waals surface area contributed by atoms with Gasteiger partial charge in [-0.25, -0.2) is 9.97 Å². The van der Waals surface area contributed by atoms with Gasteiger partial charge in [-0.1, -0.05) is 6.07 Å². The number of thiazole rings is 1. The van der Waals surface area contributed by atoms with Gasteiger partial charge in [-0.05, 0) is 73.8 Å². The van der Waals surface area contributed by atoms with Crippen molar-refractivity contribution in [3.63, 3.8) is 0 Å². The fourth-order valence-corrected chi connectivity index (χ4v) is 5.83. The second kappa shape index (κ2) is 9.91. The van der Waals surface area contributed by atoms with E-state index in [1.54, 1.807) is 11.3 Å². The number of hydrogen-bond acceptors (Lipinski definition) is 6. The van der Waals surface area contributed by atoms with Crippen molar-refractivity contribution in [2.75, 3.05) is 13.2 Å². The Kier molecular flexibility index (Phi) is 6.58. The molecule has 1 aromatic carbocycles. The third-order valence-electron chi connectivity index (χ3n) is 6.37. The van der Waals surface area contributed by atoms with Crippen molar-refractivity contribution in [1.82, 2.24) is 9.97 Å². The van der Waals surface area contributed by atoms with E-state index >= 15 is 0 Å². The molecule has 0 aliphatic heterocycles. The van der Waals surface area contributed by atoms with Gasteiger partial charge in [0.2, 0.25) is 5.88 Å². The van der Waals surface area contributed by atoms with E-state index in [0.29, 0.717) is 19.1 Å². The zero-order valence-corrected chi connectivity index (χ0v) is 19.4. The molecule has 2 aromatic heterocycles. The Bertz CT molecular complexity index is 1100. The van der Waals surface area contributed by atoms with E-state index < -0.39 is 5.97 Å². The highest BCUT2D eigenvalue weighted by Gasteiger charge is 2.24. The maximum Gasteiger partial charge on any atom is 0.303 e. The topological polar surface area (TPSA) is 81.5 Å². The molecule has 5 rings (SSSR count). The zero-order valence-electron chi connectivity index (χ0n) is 18.6. The number of carboxylic acid groups (broad SMARTS) is 1. The molecular weight excluding hydrogens is 436 g/mol. The van der Waals surface area contributed by atoms with Crippen LogP contribution in [0.2, 0.25) is 0 Å². The Morgan fingerprint density at radius 3 is 2.79 bits per heavy atom. The van der Waals surface area contributed by atoms with Crippen molar-refractivity contribution < 1.29 is 19.4 Å². The summed E-state index contributed by atoms with van der Waals surface area (Å²) >= 11 is 1.79. The number of aryl methyl sites for hydroxylation is 3. The first-order valence-electron chi connectivity index (χ1n) is 11.7. The molecule has 2 aliphatic carbocycles. The SMILES string of the molecule is O=C(O)C[C@@H]1CCc2cc(OCCCOc3ccc(-c4nc5c(s4)CCCC5)cn3)ccc21. The molecule has 2 aliphatic rings. The number of benzene rings is 1. The molecule has 0 radical (unpaired) electrons. The van der Waals surface area contributed by atoms with E-state index in [4.69, 9.17) is 19.6 Å². The minimum absolute atomic E-state index is 0.125. The van der Waals surface area contributed by atoms with Crippen molar-refractivity contribution in [1.29, 1.82) is 0 Å². The number of carboxylic acids is 1. The summed E-state index contributed by atoms with van der Waals surface area (Å²) in [7, 11) is 0. The van der Waals surface area contributed by atoms with Crippen LogP contribution in [0.3, 0.4) is 0 Å². The highest BCUT2D eigenvalue weighted by atomic mass is 32.1. The first kappa shape index (κ1) is 21.9. The highest BCUT2D eigenvalue weighted by molar-refractivity contribution is 7.15. The predicted octanol–water partition coefficient (Wildman–Crippen LogP) is 5.44. The van der Waals surface area contributed by atoms with Crippen molar-refractivity contribution in [3.8, 4) is 22.2 Å². The Morgan fingerprint density at radius 2 is 1.97 bits per heavy atom. The van der Waals surface area contributed by atoms with Crippen LogP contribution in [0.1, 0.15) is 59.7 Å². The van der Waals surface area contributed by atoms with Gasteiger partial charge in [-0.2, -0.15) is 0 Å². The van der Waals surface area contributed by atoms with E-state index in [-0.39, 0.29) is 12.3 Å². The van der Waals surface area contributed by atoms with E-state index in [9.17, 15) is 4.79 Å². The van der Waals surface area contributed by atoms with Gasteiger partial charge in [-0.15, -0.1) is 11.3 Å². The smallest absolute Gasteiger partial charge is 0.303 e. The summed E-state index contributed by atoms with van der Waals surface area (Å²) in [6.07, 6.45) is 9.37. The minimum Gasteiger partial charge on any atom is -0.493 e. The predicted molar refractivity (Wildman–Crippen MR) is 127 cm³/mol. The molecule has 33 heavy (non-hydrogen) atoms. The number of rotatable bonds is 9. The number of carbonyl (C=O) groups is 1. The summed E-state index contributed by atoms with van der Waals surface area (Å²) in [6, 6.07) is 9.95. The van der Waals surface area contributed by atoms with E-state index in [1.807, 2.05) is 30.5 Å². The molecule has 172 valence electrons. The van der Waals surface area contributed by atoms with E-state index in [0.717, 1.165) is 54.0 Å². The lowest BCUT2D eigenvalue weighted by atomic mass is 9.98. The summed E-state index contributed by atoms with van der Waals surface area (Å²) < 4.78 is 11.7. The molecular formula is C26H28N2O4S. The maximum absolute atomic E-state index is 11.0. The second-order valence-corrected chi connectivity index (χ2v) is 9.81. The number of pyridine rings is 1. The summed E-state index contributed by atoms with van der Waals surface area (Å²) in [6.45, 7) is 1.09. The van der Waals surface area contributed by atoms with Crippen LogP contribution < -0.4 is 9.47 Å². The van der Waals surface area contributed by atoms with Crippen LogP contribution in [0.4, 0.5) is 0 Å². The lowest BCUT2D eigenvalue weighted by molar-refractivity contribution is -0.137. The number of aromatic nitrogens is 2. The van der Waals surface area contributed by atoms with Crippen molar-refractivity contribution in [3.05, 3.63) is 58.2 Å². The maximum atomic E-state index is 11.0. The van der Waals surface area contributed by atoms with Gasteiger partial charge in [-0.3, -0.25) is 4.79 Å². The molecule has 0 saturated carbocycles. The van der Waals surface area contributed by atoms with Crippen LogP contribution >= 0.6 is 11.3 Å². The standard InChI is InChI=1S/C26H28N2O4S/c29-25(30)15-18-7-6-17-14-20(9-10-21(17)18)31-12-3-13-32-24-11-8-19(16-27-24)26-28-22-4-1-2-5-23(22)33-26/h8-11,14,16,18H,1-7,12-13,15H2,(H,29,30)/t18-/m0/s1. The van der Waals surface area contributed by atoms with Crippen molar-refractivity contribution in [2.45, 2.75) is 57.3 Å². The summed E-state index contributed by atoms with van der Waals surface area (Å²) in [5.74, 6) is 0.833. The fourth-order valence-electron chi connectivity index (χ4n) is 4.69. The molecule has 6 nitrogen and oxygen atoms in total. The monoisotopic (exact) mass is 464 g/mol. The molecule has 0 unspecified atom stereocenters. The number of nitrogens with zero attached hydrogens (tertiary/aromatic N) is 2. The quantitative estimate of drug-likeness (QED) is 0.425. The van der Waals surface area contributed by atoms with Gasteiger partial charge in [0.05, 0.1) is 25.3 Å². The fraction of sp³-hybridized carbons (Fsp3) is 0.423. The molecule has 7 heteroatoms. The van der Waals surface area contributed by atoms with Gasteiger partial charge >= 0.3 is 5.97 Å². The van der Waals surface area contributed by atoms with Gasteiger partial charge in [0, 0.05) is 29.1 Å². The number of aliphatic carboxylic acids is 1. The third kappa shape index (κ3) is 5.19. The second-order valence-electron chi connectivity index (χ2n) is 8.73. The molecule has 0 bridgehead atoms. The molecule has 3 aromatic rings. The minimum atomic E-state index is -0.737. The van der Waals surface area contributed by atoms with Crippen LogP contribution in [0.5, 0.6) is 11.6 Å². The molecule has 0 amide bonds. The Labute approximate surface area is 197 Å². The van der Waals surface area contributed by atoms with Crippen LogP contribution in [-0.2, 0) is 24.1 Å². The molecule has 0 spiro atoms. The Hall–Kier alpha value is -2.93. The number of hydrogen-bond donors (Lipinski definition) is 1. The van der Waals surface area contributed by atoms with Crippen molar-refractivity contribution in [2.24, 2.45) is 0 Å². The molecule has 1 N–H and O–H groups in total. The lowest BCUT2D eigenvalue weighted by Gasteiger charge is -2.11. The van der Waals surface area contributed by atoms with E-state index in [1.165, 1.54) is 29.0 Å². The van der Waals surface area contributed by atoms with Crippen molar-refractivity contribution >= 4 is 17.3 Å². The normalized spacial score (nSPS) is 16.8. The third-order valence-corrected chi connectivity index (χ3v) is 7.58. The molecule has 1 atom stereocenters. The lowest BCUT2D eigenvalue weighted by Crippen LogP contribution is -2.06. The first-order valence-corrected chi connectivity index (χ1v) is 12.5. The van der Waals surface area contributed by atoms with Gasteiger partial charge in [0.25, 0.3) is 0 Å². The molecule has 0 saturated heterocycles. The summed E-state index contributed by atoms with van der Waals surface area (Å²) in [5, 5.41) is 10.1. The molecule has 0 fully saturated rings. The van der Waals surface area contributed by atoms with Crippen LogP contribution in [0.25, 0.3) is 10.6 Å². The molecule has 2 heterocycles. The van der Waals surface area contributed by atoms with E-state index in [2.05, 4.69) is 11.1 Å². The number of ether oxygens (including phenoxy) is 2. The Morgan fingerprint density at radius 1 is 1.09 bits per heavy atom.